The number of hydrogen-bond acceptors (Lipinski definition) is 4. The first-order valence-corrected chi connectivity index (χ1v) is 8.73. The molecule has 118 valence electrons. The number of hydrogen-bond donors (Lipinski definition) is 1. The molecule has 0 saturated carbocycles. The molecule has 0 spiro atoms. The standard InChI is InChI=1S/C14H21BrN2O3S/c1-4-7-17(8-9-20-3)21(18,19)14-6-5-12(11-16-2)10-13(14)15/h4-6,10,16H,1,7-9,11H2,2-3H3. The second kappa shape index (κ2) is 8.65. The monoisotopic (exact) mass is 376 g/mol. The van der Waals surface area contributed by atoms with E-state index in [1.807, 2.05) is 13.1 Å². The van der Waals surface area contributed by atoms with Crippen molar-refractivity contribution in [3.63, 3.8) is 0 Å². The Bertz CT molecular complexity index is 576. The first-order valence-electron chi connectivity index (χ1n) is 6.50. The Balaban J connectivity index is 3.11. The van der Waals surface area contributed by atoms with Gasteiger partial charge < -0.3 is 10.1 Å². The summed E-state index contributed by atoms with van der Waals surface area (Å²) in [5.41, 5.74) is 1.01. The first-order chi connectivity index (χ1) is 9.97. The minimum Gasteiger partial charge on any atom is -0.383 e. The van der Waals surface area contributed by atoms with E-state index in [9.17, 15) is 8.42 Å². The zero-order valence-corrected chi connectivity index (χ0v) is 14.7. The van der Waals surface area contributed by atoms with Crippen molar-refractivity contribution >= 4 is 26.0 Å². The Morgan fingerprint density at radius 3 is 2.71 bits per heavy atom. The van der Waals surface area contributed by atoms with Gasteiger partial charge in [-0.3, -0.25) is 0 Å². The SMILES string of the molecule is C=CCN(CCOC)S(=O)(=O)c1ccc(CNC)cc1Br. The lowest BCUT2D eigenvalue weighted by atomic mass is 10.2. The summed E-state index contributed by atoms with van der Waals surface area (Å²) in [4.78, 5) is 0.250. The van der Waals surface area contributed by atoms with Gasteiger partial charge in [-0.15, -0.1) is 6.58 Å². The van der Waals surface area contributed by atoms with E-state index in [1.165, 1.54) is 4.31 Å². The normalized spacial score (nSPS) is 11.8. The molecule has 0 aliphatic carbocycles. The minimum atomic E-state index is -3.58. The molecule has 0 aromatic heterocycles. The van der Waals surface area contributed by atoms with Gasteiger partial charge in [0.05, 0.1) is 11.5 Å². The maximum Gasteiger partial charge on any atom is 0.244 e. The van der Waals surface area contributed by atoms with Gasteiger partial charge in [-0.1, -0.05) is 12.1 Å². The molecule has 0 unspecified atom stereocenters. The van der Waals surface area contributed by atoms with Crippen LogP contribution < -0.4 is 5.32 Å². The van der Waals surface area contributed by atoms with E-state index in [0.717, 1.165) is 5.56 Å². The van der Waals surface area contributed by atoms with E-state index in [-0.39, 0.29) is 18.0 Å². The number of sulfonamides is 1. The predicted molar refractivity (Wildman–Crippen MR) is 87.7 cm³/mol. The van der Waals surface area contributed by atoms with Crippen LogP contribution in [0.5, 0.6) is 0 Å². The van der Waals surface area contributed by atoms with E-state index in [1.54, 1.807) is 25.3 Å². The molecule has 0 amide bonds. The van der Waals surface area contributed by atoms with Gasteiger partial charge in [0.2, 0.25) is 10.0 Å². The fraction of sp³-hybridized carbons (Fsp3) is 0.429. The van der Waals surface area contributed by atoms with Crippen LogP contribution in [0.3, 0.4) is 0 Å². The van der Waals surface area contributed by atoms with Gasteiger partial charge in [0.1, 0.15) is 0 Å². The highest BCUT2D eigenvalue weighted by Crippen LogP contribution is 2.26. The van der Waals surface area contributed by atoms with E-state index in [4.69, 9.17) is 4.74 Å². The fourth-order valence-electron chi connectivity index (χ4n) is 1.85. The molecule has 0 heterocycles. The summed E-state index contributed by atoms with van der Waals surface area (Å²) >= 11 is 3.35. The summed E-state index contributed by atoms with van der Waals surface area (Å²) in [7, 11) is -0.198. The van der Waals surface area contributed by atoms with Gasteiger partial charge in [0.25, 0.3) is 0 Å². The number of nitrogens with one attached hydrogen (secondary N) is 1. The molecule has 1 aromatic carbocycles. The number of rotatable bonds is 9. The number of nitrogens with zero attached hydrogens (tertiary/aromatic N) is 1. The van der Waals surface area contributed by atoms with Gasteiger partial charge in [0.15, 0.2) is 0 Å². The van der Waals surface area contributed by atoms with Crippen molar-refractivity contribution in [2.45, 2.75) is 11.4 Å². The van der Waals surface area contributed by atoms with E-state index in [2.05, 4.69) is 27.8 Å². The van der Waals surface area contributed by atoms with E-state index >= 15 is 0 Å². The molecule has 5 nitrogen and oxygen atoms in total. The highest BCUT2D eigenvalue weighted by atomic mass is 79.9. The van der Waals surface area contributed by atoms with Crippen molar-refractivity contribution in [1.29, 1.82) is 0 Å². The Labute approximate surface area is 135 Å². The van der Waals surface area contributed by atoms with Gasteiger partial charge in [-0.2, -0.15) is 4.31 Å². The van der Waals surface area contributed by atoms with Crippen LogP contribution >= 0.6 is 15.9 Å². The summed E-state index contributed by atoms with van der Waals surface area (Å²) in [5, 5.41) is 3.03. The van der Waals surface area contributed by atoms with Crippen LogP contribution in [0.15, 0.2) is 40.2 Å². The number of halogens is 1. The van der Waals surface area contributed by atoms with Crippen LogP contribution in [0.2, 0.25) is 0 Å². The zero-order chi connectivity index (χ0) is 15.9. The second-order valence-electron chi connectivity index (χ2n) is 4.44. The Kier molecular flexibility index (Phi) is 7.55. The lowest BCUT2D eigenvalue weighted by molar-refractivity contribution is 0.182. The number of benzene rings is 1. The third kappa shape index (κ3) is 4.89. The molecule has 1 N–H and O–H groups in total. The molecule has 1 aromatic rings. The van der Waals surface area contributed by atoms with Crippen LogP contribution in [0, 0.1) is 0 Å². The van der Waals surface area contributed by atoms with Gasteiger partial charge >= 0.3 is 0 Å². The van der Waals surface area contributed by atoms with Gasteiger partial charge in [-0.25, -0.2) is 8.42 Å². The second-order valence-corrected chi connectivity index (χ2v) is 7.20. The van der Waals surface area contributed by atoms with Crippen LogP contribution in [0.4, 0.5) is 0 Å². The summed E-state index contributed by atoms with van der Waals surface area (Å²) in [5.74, 6) is 0. The minimum absolute atomic E-state index is 0.246. The quantitative estimate of drug-likeness (QED) is 0.669. The van der Waals surface area contributed by atoms with Crippen molar-refractivity contribution in [3.8, 4) is 0 Å². The number of methoxy groups -OCH3 is 1. The lowest BCUT2D eigenvalue weighted by Crippen LogP contribution is -2.34. The molecule has 0 radical (unpaired) electrons. The summed E-state index contributed by atoms with van der Waals surface area (Å²) in [6, 6.07) is 5.23. The average Bonchev–Trinajstić information content (AvgIpc) is 2.43. The third-order valence-corrected chi connectivity index (χ3v) is 5.71. The van der Waals surface area contributed by atoms with Crippen LogP contribution in [0.1, 0.15) is 5.56 Å². The van der Waals surface area contributed by atoms with Crippen LogP contribution in [-0.2, 0) is 21.3 Å². The van der Waals surface area contributed by atoms with Crippen molar-refractivity contribution in [2.24, 2.45) is 0 Å². The van der Waals surface area contributed by atoms with Crippen molar-refractivity contribution in [1.82, 2.24) is 9.62 Å². The topological polar surface area (TPSA) is 58.6 Å². The molecule has 0 saturated heterocycles. The van der Waals surface area contributed by atoms with Crippen molar-refractivity contribution in [3.05, 3.63) is 40.9 Å². The molecule has 21 heavy (non-hydrogen) atoms. The van der Waals surface area contributed by atoms with Gasteiger partial charge in [-0.05, 0) is 40.7 Å². The smallest absolute Gasteiger partial charge is 0.244 e. The molecule has 0 bridgehead atoms. The Morgan fingerprint density at radius 1 is 1.48 bits per heavy atom. The molecule has 0 atom stereocenters. The lowest BCUT2D eigenvalue weighted by Gasteiger charge is -2.21. The van der Waals surface area contributed by atoms with Crippen LogP contribution in [-0.4, -0.2) is 46.6 Å². The molecule has 0 aliphatic heterocycles. The highest BCUT2D eigenvalue weighted by Gasteiger charge is 2.25. The van der Waals surface area contributed by atoms with E-state index < -0.39 is 10.0 Å². The summed E-state index contributed by atoms with van der Waals surface area (Å²) in [6.07, 6.45) is 1.57. The van der Waals surface area contributed by atoms with Crippen molar-refractivity contribution in [2.75, 3.05) is 33.9 Å². The Morgan fingerprint density at radius 2 is 2.19 bits per heavy atom. The maximum atomic E-state index is 12.7. The fourth-order valence-corrected chi connectivity index (χ4v) is 4.33. The highest BCUT2D eigenvalue weighted by molar-refractivity contribution is 9.10. The first kappa shape index (κ1) is 18.3. The molecular formula is C14H21BrN2O3S. The molecule has 0 fully saturated rings. The average molecular weight is 377 g/mol. The zero-order valence-electron chi connectivity index (χ0n) is 12.3. The molecule has 7 heteroatoms. The molecule has 1 rings (SSSR count). The summed E-state index contributed by atoms with van der Waals surface area (Å²) in [6.45, 7) is 5.16. The third-order valence-electron chi connectivity index (χ3n) is 2.87. The molecular weight excluding hydrogens is 356 g/mol. The maximum absolute atomic E-state index is 12.7. The van der Waals surface area contributed by atoms with Crippen LogP contribution in [0.25, 0.3) is 0 Å². The predicted octanol–water partition coefficient (Wildman–Crippen LogP) is 1.99. The van der Waals surface area contributed by atoms with Gasteiger partial charge in [0, 0.05) is 31.2 Å². The van der Waals surface area contributed by atoms with Crippen molar-refractivity contribution < 1.29 is 13.2 Å². The molecule has 0 aliphatic rings. The van der Waals surface area contributed by atoms with E-state index in [0.29, 0.717) is 17.6 Å². The summed E-state index contributed by atoms with van der Waals surface area (Å²) < 4.78 is 32.3. The largest absolute Gasteiger partial charge is 0.383 e. The Hall–Kier alpha value is -0.730. The number of ether oxygens (including phenoxy) is 1.